The number of rotatable bonds is 5. The minimum absolute atomic E-state index is 0.0114. The molecule has 5 heteroatoms. The molecule has 0 bridgehead atoms. The number of thiazole rings is 1. The highest BCUT2D eigenvalue weighted by molar-refractivity contribution is 7.14. The van der Waals surface area contributed by atoms with Crippen molar-refractivity contribution >= 4 is 33.8 Å². The highest BCUT2D eigenvalue weighted by atomic mass is 32.1. The monoisotopic (exact) mass is 351 g/mol. The summed E-state index contributed by atoms with van der Waals surface area (Å²) in [6, 6.07) is 15.9. The van der Waals surface area contributed by atoms with E-state index in [-0.39, 0.29) is 11.8 Å². The zero-order chi connectivity index (χ0) is 17.8. The van der Waals surface area contributed by atoms with Crippen molar-refractivity contribution in [2.45, 2.75) is 20.8 Å². The number of para-hydroxylation sites is 1. The Morgan fingerprint density at radius 2 is 1.92 bits per heavy atom. The fourth-order valence-electron chi connectivity index (χ4n) is 2.33. The van der Waals surface area contributed by atoms with Gasteiger partial charge in [0.15, 0.2) is 5.13 Å². The largest absolute Gasteiger partial charge is 0.331 e. The van der Waals surface area contributed by atoms with Crippen LogP contribution in [-0.2, 0) is 4.79 Å². The second-order valence-electron chi connectivity index (χ2n) is 6.20. The fourth-order valence-corrected chi connectivity index (χ4v) is 3.07. The summed E-state index contributed by atoms with van der Waals surface area (Å²) < 4.78 is 0. The minimum atomic E-state index is -0.0483. The van der Waals surface area contributed by atoms with Gasteiger partial charge in [-0.3, -0.25) is 4.79 Å². The summed E-state index contributed by atoms with van der Waals surface area (Å²) in [5.74, 6) is -0.0369. The number of nitrogens with one attached hydrogen (secondary N) is 2. The van der Waals surface area contributed by atoms with Crippen molar-refractivity contribution in [1.29, 1.82) is 0 Å². The van der Waals surface area contributed by atoms with E-state index in [0.29, 0.717) is 0 Å². The Hall–Kier alpha value is -2.66. The molecule has 1 aromatic heterocycles. The Labute approximate surface area is 151 Å². The minimum Gasteiger partial charge on any atom is -0.331 e. The van der Waals surface area contributed by atoms with Gasteiger partial charge in [0.2, 0.25) is 5.91 Å². The number of carbonyl (C=O) groups is 1. The Morgan fingerprint density at radius 1 is 1.12 bits per heavy atom. The first kappa shape index (κ1) is 17.2. The maximum Gasteiger partial charge on any atom is 0.226 e. The summed E-state index contributed by atoms with van der Waals surface area (Å²) in [5, 5.41) is 9.15. The van der Waals surface area contributed by atoms with Gasteiger partial charge >= 0.3 is 0 Å². The van der Waals surface area contributed by atoms with Crippen LogP contribution in [0.5, 0.6) is 0 Å². The van der Waals surface area contributed by atoms with Gasteiger partial charge in [0, 0.05) is 28.2 Å². The topological polar surface area (TPSA) is 54.0 Å². The summed E-state index contributed by atoms with van der Waals surface area (Å²) in [7, 11) is 0. The van der Waals surface area contributed by atoms with Gasteiger partial charge in [-0.1, -0.05) is 44.2 Å². The van der Waals surface area contributed by atoms with Crippen molar-refractivity contribution < 1.29 is 4.79 Å². The average Bonchev–Trinajstić information content (AvgIpc) is 3.06. The first-order valence-corrected chi connectivity index (χ1v) is 9.10. The van der Waals surface area contributed by atoms with Crippen LogP contribution in [0.4, 0.5) is 16.5 Å². The molecule has 0 aliphatic heterocycles. The van der Waals surface area contributed by atoms with E-state index < -0.39 is 0 Å². The van der Waals surface area contributed by atoms with Crippen molar-refractivity contribution in [3.8, 4) is 11.3 Å². The molecule has 1 amide bonds. The van der Waals surface area contributed by atoms with Gasteiger partial charge in [-0.15, -0.1) is 11.3 Å². The molecule has 3 aromatic rings. The summed E-state index contributed by atoms with van der Waals surface area (Å²) in [6.45, 7) is 5.82. The maximum absolute atomic E-state index is 11.9. The zero-order valence-corrected chi connectivity index (χ0v) is 15.4. The Bertz CT molecular complexity index is 886. The first-order valence-electron chi connectivity index (χ1n) is 8.22. The number of benzene rings is 2. The molecule has 0 fully saturated rings. The van der Waals surface area contributed by atoms with E-state index in [1.54, 1.807) is 11.3 Å². The molecule has 4 nitrogen and oxygen atoms in total. The Balaban J connectivity index is 1.78. The molecule has 0 spiro atoms. The van der Waals surface area contributed by atoms with Gasteiger partial charge in [-0.05, 0) is 30.7 Å². The van der Waals surface area contributed by atoms with E-state index in [1.165, 1.54) is 5.56 Å². The van der Waals surface area contributed by atoms with Gasteiger partial charge < -0.3 is 10.6 Å². The molecule has 25 heavy (non-hydrogen) atoms. The van der Waals surface area contributed by atoms with Crippen molar-refractivity contribution in [1.82, 2.24) is 4.98 Å². The van der Waals surface area contributed by atoms with Crippen LogP contribution in [-0.4, -0.2) is 10.9 Å². The number of aryl methyl sites for hydroxylation is 1. The van der Waals surface area contributed by atoms with Gasteiger partial charge in [0.1, 0.15) is 0 Å². The predicted octanol–water partition coefficient (Wildman–Crippen LogP) is 5.46. The normalized spacial score (nSPS) is 10.7. The second kappa shape index (κ2) is 7.49. The molecule has 0 saturated heterocycles. The molecule has 1 heterocycles. The molecule has 0 radical (unpaired) electrons. The highest BCUT2D eigenvalue weighted by Gasteiger charge is 2.09. The molecule has 3 rings (SSSR count). The lowest BCUT2D eigenvalue weighted by molar-refractivity contribution is -0.118. The number of amides is 1. The van der Waals surface area contributed by atoms with Crippen LogP contribution in [0, 0.1) is 12.8 Å². The third-order valence-corrected chi connectivity index (χ3v) is 4.60. The summed E-state index contributed by atoms with van der Waals surface area (Å²) in [6.07, 6.45) is 0. The molecular formula is C20H21N3OS. The zero-order valence-electron chi connectivity index (χ0n) is 14.5. The predicted molar refractivity (Wildman–Crippen MR) is 105 cm³/mol. The number of nitrogens with zero attached hydrogens (tertiary/aromatic N) is 1. The third-order valence-electron chi connectivity index (χ3n) is 3.84. The van der Waals surface area contributed by atoms with E-state index in [9.17, 15) is 4.79 Å². The lowest BCUT2D eigenvalue weighted by atomic mass is 10.1. The standard InChI is InChI=1S/C20H21N3OS/c1-13(2)19(24)21-16-9-6-8-15(11-16)18-12-25-20(23-18)22-17-10-5-4-7-14(17)3/h4-13H,1-3H3,(H,21,24)(H,22,23). The lowest BCUT2D eigenvalue weighted by Gasteiger charge is -2.08. The van der Waals surface area contributed by atoms with Crippen molar-refractivity contribution in [3.05, 3.63) is 59.5 Å². The van der Waals surface area contributed by atoms with Crippen LogP contribution in [0.2, 0.25) is 0 Å². The molecule has 0 unspecified atom stereocenters. The molecule has 128 valence electrons. The van der Waals surface area contributed by atoms with E-state index in [0.717, 1.165) is 27.8 Å². The van der Waals surface area contributed by atoms with Gasteiger partial charge in [-0.25, -0.2) is 4.98 Å². The number of aromatic nitrogens is 1. The number of hydrogen-bond acceptors (Lipinski definition) is 4. The average molecular weight is 351 g/mol. The van der Waals surface area contributed by atoms with E-state index >= 15 is 0 Å². The van der Waals surface area contributed by atoms with Crippen LogP contribution >= 0.6 is 11.3 Å². The van der Waals surface area contributed by atoms with Gasteiger partial charge in [0.05, 0.1) is 5.69 Å². The van der Waals surface area contributed by atoms with Crippen LogP contribution in [0.15, 0.2) is 53.9 Å². The van der Waals surface area contributed by atoms with Crippen LogP contribution in [0.3, 0.4) is 0 Å². The molecule has 0 aliphatic rings. The molecule has 0 atom stereocenters. The van der Waals surface area contributed by atoms with Crippen molar-refractivity contribution in [2.24, 2.45) is 5.92 Å². The molecule has 0 aliphatic carbocycles. The van der Waals surface area contributed by atoms with Crippen molar-refractivity contribution in [2.75, 3.05) is 10.6 Å². The van der Waals surface area contributed by atoms with Crippen LogP contribution < -0.4 is 10.6 Å². The van der Waals surface area contributed by atoms with Crippen LogP contribution in [0.1, 0.15) is 19.4 Å². The Kier molecular flexibility index (Phi) is 5.14. The number of anilines is 3. The van der Waals surface area contributed by atoms with Gasteiger partial charge in [-0.2, -0.15) is 0 Å². The lowest BCUT2D eigenvalue weighted by Crippen LogP contribution is -2.17. The van der Waals surface area contributed by atoms with Gasteiger partial charge in [0.25, 0.3) is 0 Å². The summed E-state index contributed by atoms with van der Waals surface area (Å²) >= 11 is 1.56. The second-order valence-corrected chi connectivity index (χ2v) is 7.06. The highest BCUT2D eigenvalue weighted by Crippen LogP contribution is 2.29. The molecular weight excluding hydrogens is 330 g/mol. The van der Waals surface area contributed by atoms with E-state index in [2.05, 4.69) is 28.6 Å². The van der Waals surface area contributed by atoms with Crippen molar-refractivity contribution in [3.63, 3.8) is 0 Å². The number of carbonyl (C=O) groups excluding carboxylic acids is 1. The Morgan fingerprint density at radius 3 is 2.68 bits per heavy atom. The number of hydrogen-bond donors (Lipinski definition) is 2. The van der Waals surface area contributed by atoms with E-state index in [1.807, 2.05) is 61.7 Å². The molecule has 2 aromatic carbocycles. The first-order chi connectivity index (χ1) is 12.0. The SMILES string of the molecule is Cc1ccccc1Nc1nc(-c2cccc(NC(=O)C(C)C)c2)cs1. The summed E-state index contributed by atoms with van der Waals surface area (Å²) in [4.78, 5) is 16.5. The summed E-state index contributed by atoms with van der Waals surface area (Å²) in [5.41, 5.74) is 4.90. The third kappa shape index (κ3) is 4.25. The fraction of sp³-hybridized carbons (Fsp3) is 0.200. The van der Waals surface area contributed by atoms with Crippen LogP contribution in [0.25, 0.3) is 11.3 Å². The maximum atomic E-state index is 11.9. The molecule has 2 N–H and O–H groups in total. The quantitative estimate of drug-likeness (QED) is 0.642. The smallest absolute Gasteiger partial charge is 0.226 e. The van der Waals surface area contributed by atoms with E-state index in [4.69, 9.17) is 0 Å². The molecule has 0 saturated carbocycles.